The van der Waals surface area contributed by atoms with Crippen LogP contribution < -0.4 is 5.48 Å². The van der Waals surface area contributed by atoms with Crippen LogP contribution in [-0.2, 0) is 4.84 Å². The zero-order valence-electron chi connectivity index (χ0n) is 7.60. The van der Waals surface area contributed by atoms with Gasteiger partial charge in [0.25, 0.3) is 0 Å². The van der Waals surface area contributed by atoms with E-state index in [0.717, 1.165) is 5.92 Å². The van der Waals surface area contributed by atoms with Crippen molar-refractivity contribution >= 4 is 0 Å². The molecule has 0 heterocycles. The van der Waals surface area contributed by atoms with Crippen molar-refractivity contribution < 1.29 is 4.84 Å². The van der Waals surface area contributed by atoms with Crippen molar-refractivity contribution in [2.45, 2.75) is 45.1 Å². The van der Waals surface area contributed by atoms with Gasteiger partial charge in [-0.2, -0.15) is 5.48 Å². The van der Waals surface area contributed by atoms with Gasteiger partial charge < -0.3 is 4.84 Å². The zero-order valence-corrected chi connectivity index (χ0v) is 7.60. The van der Waals surface area contributed by atoms with Crippen molar-refractivity contribution in [3.8, 4) is 0 Å². The highest BCUT2D eigenvalue weighted by atomic mass is 16.6. The maximum atomic E-state index is 4.91. The topological polar surface area (TPSA) is 21.3 Å². The molecule has 2 heteroatoms. The summed E-state index contributed by atoms with van der Waals surface area (Å²) < 4.78 is 0. The summed E-state index contributed by atoms with van der Waals surface area (Å²) in [4.78, 5) is 4.91. The van der Waals surface area contributed by atoms with Crippen LogP contribution in [0.25, 0.3) is 0 Å². The second-order valence-electron chi connectivity index (χ2n) is 3.51. The smallest absolute Gasteiger partial charge is 0.0572 e. The number of rotatable bonds is 3. The minimum Gasteiger partial charge on any atom is -0.305 e. The summed E-state index contributed by atoms with van der Waals surface area (Å²) >= 11 is 0. The van der Waals surface area contributed by atoms with E-state index in [9.17, 15) is 0 Å². The van der Waals surface area contributed by atoms with Gasteiger partial charge >= 0.3 is 0 Å². The van der Waals surface area contributed by atoms with Gasteiger partial charge in [-0.05, 0) is 25.7 Å². The molecular weight excluding hydrogens is 138 g/mol. The molecule has 66 valence electrons. The van der Waals surface area contributed by atoms with Gasteiger partial charge in [-0.1, -0.05) is 19.3 Å². The SMILES string of the molecule is CON[C@@H](C)C1CCCCC1. The average Bonchev–Trinajstić information content (AvgIpc) is 2.07. The van der Waals surface area contributed by atoms with E-state index in [0.29, 0.717) is 6.04 Å². The Labute approximate surface area is 69.3 Å². The second kappa shape index (κ2) is 4.73. The number of nitrogens with one attached hydrogen (secondary N) is 1. The molecule has 0 aromatic carbocycles. The highest BCUT2D eigenvalue weighted by Crippen LogP contribution is 2.26. The Kier molecular flexibility index (Phi) is 3.87. The van der Waals surface area contributed by atoms with Gasteiger partial charge in [0.15, 0.2) is 0 Å². The monoisotopic (exact) mass is 157 g/mol. The molecule has 11 heavy (non-hydrogen) atoms. The Morgan fingerprint density at radius 2 is 1.91 bits per heavy atom. The van der Waals surface area contributed by atoms with Crippen molar-refractivity contribution in [1.82, 2.24) is 5.48 Å². The molecule has 2 nitrogen and oxygen atoms in total. The lowest BCUT2D eigenvalue weighted by molar-refractivity contribution is 0.0405. The minimum atomic E-state index is 0.528. The van der Waals surface area contributed by atoms with Crippen LogP contribution in [0.4, 0.5) is 0 Å². The van der Waals surface area contributed by atoms with E-state index in [1.54, 1.807) is 7.11 Å². The maximum absolute atomic E-state index is 4.91. The van der Waals surface area contributed by atoms with Crippen LogP contribution in [0, 0.1) is 5.92 Å². The van der Waals surface area contributed by atoms with Gasteiger partial charge in [-0.15, -0.1) is 0 Å². The summed E-state index contributed by atoms with van der Waals surface area (Å²) in [6.07, 6.45) is 6.98. The van der Waals surface area contributed by atoms with E-state index in [1.165, 1.54) is 32.1 Å². The Morgan fingerprint density at radius 1 is 1.27 bits per heavy atom. The average molecular weight is 157 g/mol. The maximum Gasteiger partial charge on any atom is 0.0572 e. The normalized spacial score (nSPS) is 23.5. The fourth-order valence-electron chi connectivity index (χ4n) is 1.92. The molecule has 1 aliphatic carbocycles. The van der Waals surface area contributed by atoms with Crippen LogP contribution in [0.1, 0.15) is 39.0 Å². The highest BCUT2D eigenvalue weighted by molar-refractivity contribution is 4.73. The summed E-state index contributed by atoms with van der Waals surface area (Å²) in [5, 5.41) is 0. The molecule has 1 atom stereocenters. The Morgan fingerprint density at radius 3 is 2.45 bits per heavy atom. The summed E-state index contributed by atoms with van der Waals surface area (Å²) in [5.74, 6) is 0.837. The molecule has 0 amide bonds. The molecule has 0 unspecified atom stereocenters. The Bertz CT molecular complexity index is 99.7. The van der Waals surface area contributed by atoms with Gasteiger partial charge in [0.2, 0.25) is 0 Å². The van der Waals surface area contributed by atoms with E-state index in [-0.39, 0.29) is 0 Å². The van der Waals surface area contributed by atoms with Crippen LogP contribution in [0.15, 0.2) is 0 Å². The van der Waals surface area contributed by atoms with Crippen molar-refractivity contribution in [2.24, 2.45) is 5.92 Å². The molecule has 1 fully saturated rings. The van der Waals surface area contributed by atoms with Gasteiger partial charge in [0, 0.05) is 6.04 Å². The van der Waals surface area contributed by atoms with Crippen LogP contribution in [0.2, 0.25) is 0 Å². The third-order valence-electron chi connectivity index (χ3n) is 2.66. The summed E-state index contributed by atoms with van der Waals surface area (Å²) in [5.41, 5.74) is 3.02. The van der Waals surface area contributed by atoms with Crippen molar-refractivity contribution in [2.75, 3.05) is 7.11 Å². The van der Waals surface area contributed by atoms with Crippen LogP contribution in [-0.4, -0.2) is 13.2 Å². The summed E-state index contributed by atoms with van der Waals surface area (Å²) in [7, 11) is 1.69. The number of hydrogen-bond acceptors (Lipinski definition) is 2. The summed E-state index contributed by atoms with van der Waals surface area (Å²) in [6.45, 7) is 2.21. The first-order valence-electron chi connectivity index (χ1n) is 4.63. The first kappa shape index (κ1) is 9.01. The molecular formula is C9H19NO. The van der Waals surface area contributed by atoms with Gasteiger partial charge in [-0.3, -0.25) is 0 Å². The van der Waals surface area contributed by atoms with E-state index < -0.39 is 0 Å². The number of hydrogen-bond donors (Lipinski definition) is 1. The van der Waals surface area contributed by atoms with Gasteiger partial charge in [0.1, 0.15) is 0 Å². The molecule has 0 saturated heterocycles. The molecule has 0 spiro atoms. The molecule has 0 aromatic heterocycles. The molecule has 1 N–H and O–H groups in total. The lowest BCUT2D eigenvalue weighted by Crippen LogP contribution is -2.33. The highest BCUT2D eigenvalue weighted by Gasteiger charge is 2.19. The van der Waals surface area contributed by atoms with Crippen molar-refractivity contribution in [3.05, 3.63) is 0 Å². The van der Waals surface area contributed by atoms with E-state index in [2.05, 4.69) is 12.4 Å². The van der Waals surface area contributed by atoms with Crippen LogP contribution in [0.3, 0.4) is 0 Å². The molecule has 0 radical (unpaired) electrons. The Balaban J connectivity index is 2.21. The van der Waals surface area contributed by atoms with E-state index in [1.807, 2.05) is 0 Å². The predicted molar refractivity (Wildman–Crippen MR) is 46.2 cm³/mol. The molecule has 0 aliphatic heterocycles. The third kappa shape index (κ3) is 2.80. The zero-order chi connectivity index (χ0) is 8.10. The second-order valence-corrected chi connectivity index (χ2v) is 3.51. The first-order valence-corrected chi connectivity index (χ1v) is 4.63. The molecule has 0 bridgehead atoms. The van der Waals surface area contributed by atoms with Crippen molar-refractivity contribution in [1.29, 1.82) is 0 Å². The molecule has 1 aliphatic rings. The van der Waals surface area contributed by atoms with Gasteiger partial charge in [0.05, 0.1) is 7.11 Å². The molecule has 1 saturated carbocycles. The Hall–Kier alpha value is -0.0800. The fraction of sp³-hybridized carbons (Fsp3) is 1.00. The standard InChI is InChI=1S/C9H19NO/c1-8(10-11-2)9-6-4-3-5-7-9/h8-10H,3-7H2,1-2H3/t8-/m0/s1. The lowest BCUT2D eigenvalue weighted by atomic mass is 9.85. The largest absolute Gasteiger partial charge is 0.305 e. The minimum absolute atomic E-state index is 0.528. The van der Waals surface area contributed by atoms with Crippen molar-refractivity contribution in [3.63, 3.8) is 0 Å². The van der Waals surface area contributed by atoms with Gasteiger partial charge in [-0.25, -0.2) is 0 Å². The van der Waals surface area contributed by atoms with E-state index in [4.69, 9.17) is 4.84 Å². The molecule has 1 rings (SSSR count). The number of hydroxylamine groups is 1. The summed E-state index contributed by atoms with van der Waals surface area (Å²) in [6, 6.07) is 0.528. The van der Waals surface area contributed by atoms with Crippen LogP contribution in [0.5, 0.6) is 0 Å². The molecule has 0 aromatic rings. The quantitative estimate of drug-likeness (QED) is 0.633. The van der Waals surface area contributed by atoms with Crippen LogP contribution >= 0.6 is 0 Å². The lowest BCUT2D eigenvalue weighted by Gasteiger charge is -2.27. The third-order valence-corrected chi connectivity index (χ3v) is 2.66. The predicted octanol–water partition coefficient (Wildman–Crippen LogP) is 2.11. The van der Waals surface area contributed by atoms with E-state index >= 15 is 0 Å². The first-order chi connectivity index (χ1) is 5.34. The fourth-order valence-corrected chi connectivity index (χ4v) is 1.92.